The number of aromatic amines is 1. The van der Waals surface area contributed by atoms with Gasteiger partial charge in [0.1, 0.15) is 5.82 Å². The molecule has 0 spiro atoms. The second-order valence-electron chi connectivity index (χ2n) is 4.92. The highest BCUT2D eigenvalue weighted by molar-refractivity contribution is 5.86. The van der Waals surface area contributed by atoms with Gasteiger partial charge in [0.15, 0.2) is 0 Å². The third kappa shape index (κ3) is 2.58. The van der Waals surface area contributed by atoms with Gasteiger partial charge in [0.2, 0.25) is 0 Å². The molecule has 3 rings (SSSR count). The molecule has 0 bridgehead atoms. The van der Waals surface area contributed by atoms with Crippen molar-refractivity contribution < 1.29 is 0 Å². The molecule has 1 unspecified atom stereocenters. The minimum atomic E-state index is 0.275. The third-order valence-electron chi connectivity index (χ3n) is 3.60. The molecule has 1 heterocycles. The number of aromatic nitrogens is 2. The van der Waals surface area contributed by atoms with Crippen molar-refractivity contribution >= 4 is 10.8 Å². The summed E-state index contributed by atoms with van der Waals surface area (Å²) < 4.78 is 0. The zero-order valence-corrected chi connectivity index (χ0v) is 11.6. The molecule has 3 heteroatoms. The van der Waals surface area contributed by atoms with Crippen LogP contribution in [-0.4, -0.2) is 16.5 Å². The summed E-state index contributed by atoms with van der Waals surface area (Å²) in [5.74, 6) is 1.02. The highest BCUT2D eigenvalue weighted by Crippen LogP contribution is 2.26. The van der Waals surface area contributed by atoms with Crippen molar-refractivity contribution in [2.75, 3.05) is 6.54 Å². The molecule has 0 radical (unpaired) electrons. The molecule has 2 N–H and O–H groups in total. The monoisotopic (exact) mass is 265 g/mol. The lowest BCUT2D eigenvalue weighted by Crippen LogP contribution is -2.23. The SMILES string of the molecule is CCNC(Cc1ncc[nH]1)c1cccc2ccccc12. The average Bonchev–Trinajstić information content (AvgIpc) is 2.99. The van der Waals surface area contributed by atoms with Crippen molar-refractivity contribution in [3.05, 3.63) is 66.2 Å². The van der Waals surface area contributed by atoms with Crippen molar-refractivity contribution in [3.8, 4) is 0 Å². The smallest absolute Gasteiger partial charge is 0.107 e. The normalized spacial score (nSPS) is 12.7. The highest BCUT2D eigenvalue weighted by atomic mass is 14.9. The van der Waals surface area contributed by atoms with Crippen molar-refractivity contribution in [1.29, 1.82) is 0 Å². The van der Waals surface area contributed by atoms with Gasteiger partial charge < -0.3 is 10.3 Å². The molecule has 0 saturated carbocycles. The maximum Gasteiger partial charge on any atom is 0.107 e. The number of nitrogens with zero attached hydrogens (tertiary/aromatic N) is 1. The van der Waals surface area contributed by atoms with Crippen molar-refractivity contribution in [1.82, 2.24) is 15.3 Å². The zero-order chi connectivity index (χ0) is 13.8. The van der Waals surface area contributed by atoms with Crippen LogP contribution in [0.25, 0.3) is 10.8 Å². The first-order valence-electron chi connectivity index (χ1n) is 7.07. The molecular formula is C17H19N3. The zero-order valence-electron chi connectivity index (χ0n) is 11.6. The standard InChI is InChI=1S/C17H19N3/c1-2-18-16(12-17-19-10-11-20-17)15-9-5-7-13-6-3-4-8-14(13)15/h3-11,16,18H,2,12H2,1H3,(H,19,20). The maximum atomic E-state index is 4.35. The first-order valence-corrected chi connectivity index (χ1v) is 7.07. The van der Waals surface area contributed by atoms with E-state index in [9.17, 15) is 0 Å². The van der Waals surface area contributed by atoms with Crippen LogP contribution < -0.4 is 5.32 Å². The van der Waals surface area contributed by atoms with Gasteiger partial charge in [-0.3, -0.25) is 0 Å². The van der Waals surface area contributed by atoms with E-state index < -0.39 is 0 Å². The fourth-order valence-corrected chi connectivity index (χ4v) is 2.70. The fraction of sp³-hybridized carbons (Fsp3) is 0.235. The second kappa shape index (κ2) is 5.88. The Morgan fingerprint density at radius 1 is 1.15 bits per heavy atom. The summed E-state index contributed by atoms with van der Waals surface area (Å²) >= 11 is 0. The Morgan fingerprint density at radius 2 is 2.00 bits per heavy atom. The molecule has 3 nitrogen and oxygen atoms in total. The maximum absolute atomic E-state index is 4.35. The lowest BCUT2D eigenvalue weighted by Gasteiger charge is -2.19. The van der Waals surface area contributed by atoms with Gasteiger partial charge in [-0.2, -0.15) is 0 Å². The lowest BCUT2D eigenvalue weighted by atomic mass is 9.96. The van der Waals surface area contributed by atoms with E-state index in [4.69, 9.17) is 0 Å². The highest BCUT2D eigenvalue weighted by Gasteiger charge is 2.14. The third-order valence-corrected chi connectivity index (χ3v) is 3.60. The Hall–Kier alpha value is -2.13. The summed E-state index contributed by atoms with van der Waals surface area (Å²) in [7, 11) is 0. The van der Waals surface area contributed by atoms with Crippen molar-refractivity contribution in [2.45, 2.75) is 19.4 Å². The molecule has 0 amide bonds. The first-order chi connectivity index (χ1) is 9.88. The molecule has 0 aliphatic heterocycles. The Morgan fingerprint density at radius 3 is 2.80 bits per heavy atom. The molecule has 102 valence electrons. The number of H-pyrrole nitrogens is 1. The summed E-state index contributed by atoms with van der Waals surface area (Å²) in [6, 6.07) is 15.3. The number of likely N-dealkylation sites (N-methyl/N-ethyl adjacent to an activating group) is 1. The Labute approximate surface area is 119 Å². The molecule has 0 aliphatic carbocycles. The number of nitrogens with one attached hydrogen (secondary N) is 2. The lowest BCUT2D eigenvalue weighted by molar-refractivity contribution is 0.542. The molecule has 2 aromatic carbocycles. The first kappa shape index (κ1) is 12.9. The van der Waals surface area contributed by atoms with Gasteiger partial charge in [-0.25, -0.2) is 4.98 Å². The van der Waals surface area contributed by atoms with Crippen molar-refractivity contribution in [2.24, 2.45) is 0 Å². The minimum Gasteiger partial charge on any atom is -0.349 e. The van der Waals surface area contributed by atoms with E-state index in [0.717, 1.165) is 18.8 Å². The second-order valence-corrected chi connectivity index (χ2v) is 4.92. The molecular weight excluding hydrogens is 246 g/mol. The van der Waals surface area contributed by atoms with Crippen LogP contribution in [0.4, 0.5) is 0 Å². The van der Waals surface area contributed by atoms with Gasteiger partial charge in [-0.15, -0.1) is 0 Å². The van der Waals surface area contributed by atoms with Gasteiger partial charge in [0, 0.05) is 24.9 Å². The number of rotatable bonds is 5. The molecule has 1 atom stereocenters. The van der Waals surface area contributed by atoms with E-state index in [1.54, 1.807) is 6.20 Å². The molecule has 1 aromatic heterocycles. The number of fused-ring (bicyclic) bond motifs is 1. The number of hydrogen-bond donors (Lipinski definition) is 2. The largest absolute Gasteiger partial charge is 0.349 e. The van der Waals surface area contributed by atoms with E-state index in [1.165, 1.54) is 16.3 Å². The number of benzene rings is 2. The van der Waals surface area contributed by atoms with Gasteiger partial charge in [0.25, 0.3) is 0 Å². The summed E-state index contributed by atoms with van der Waals surface area (Å²) in [5, 5.41) is 6.17. The van der Waals surface area contributed by atoms with E-state index in [2.05, 4.69) is 64.7 Å². The minimum absolute atomic E-state index is 0.275. The van der Waals surface area contributed by atoms with Gasteiger partial charge >= 0.3 is 0 Å². The van der Waals surface area contributed by atoms with E-state index in [1.807, 2.05) is 6.20 Å². The van der Waals surface area contributed by atoms with Crippen LogP contribution in [0, 0.1) is 0 Å². The predicted octanol–water partition coefficient (Wildman–Crippen LogP) is 3.46. The van der Waals surface area contributed by atoms with E-state index in [-0.39, 0.29) is 6.04 Å². The summed E-state index contributed by atoms with van der Waals surface area (Å²) in [6.07, 6.45) is 4.55. The van der Waals surface area contributed by atoms with Crippen LogP contribution >= 0.6 is 0 Å². The van der Waals surface area contributed by atoms with Gasteiger partial charge in [0.05, 0.1) is 0 Å². The number of imidazole rings is 1. The fourth-order valence-electron chi connectivity index (χ4n) is 2.70. The molecule has 0 fully saturated rings. The topological polar surface area (TPSA) is 40.7 Å². The predicted molar refractivity (Wildman–Crippen MR) is 82.7 cm³/mol. The summed E-state index contributed by atoms with van der Waals surface area (Å²) in [4.78, 5) is 7.54. The van der Waals surface area contributed by atoms with Crippen LogP contribution in [0.3, 0.4) is 0 Å². The molecule has 3 aromatic rings. The van der Waals surface area contributed by atoms with Crippen LogP contribution in [0.2, 0.25) is 0 Å². The molecule has 20 heavy (non-hydrogen) atoms. The van der Waals surface area contributed by atoms with Gasteiger partial charge in [-0.1, -0.05) is 49.4 Å². The van der Waals surface area contributed by atoms with E-state index in [0.29, 0.717) is 0 Å². The average molecular weight is 265 g/mol. The van der Waals surface area contributed by atoms with Crippen LogP contribution in [0.5, 0.6) is 0 Å². The number of hydrogen-bond acceptors (Lipinski definition) is 2. The molecule has 0 aliphatic rings. The van der Waals surface area contributed by atoms with Crippen LogP contribution in [0.1, 0.15) is 24.4 Å². The quantitative estimate of drug-likeness (QED) is 0.741. The summed E-state index contributed by atoms with van der Waals surface area (Å²) in [5.41, 5.74) is 1.33. The summed E-state index contributed by atoms with van der Waals surface area (Å²) in [6.45, 7) is 3.08. The van der Waals surface area contributed by atoms with Crippen LogP contribution in [0.15, 0.2) is 54.9 Å². The Bertz CT molecular complexity index is 668. The van der Waals surface area contributed by atoms with Gasteiger partial charge in [-0.05, 0) is 22.9 Å². The Kier molecular flexibility index (Phi) is 3.79. The van der Waals surface area contributed by atoms with Crippen LogP contribution in [-0.2, 0) is 6.42 Å². The Balaban J connectivity index is 2.00. The molecule has 0 saturated heterocycles. The van der Waals surface area contributed by atoms with Crippen molar-refractivity contribution in [3.63, 3.8) is 0 Å². The van der Waals surface area contributed by atoms with E-state index >= 15 is 0 Å².